The number of nitrogens with zero attached hydrogens (tertiary/aromatic N) is 1. The number of halogens is 1. The third kappa shape index (κ3) is 7.69. The maximum absolute atomic E-state index is 12.1. The lowest BCUT2D eigenvalue weighted by Gasteiger charge is -2.19. The Labute approximate surface area is 175 Å². The van der Waals surface area contributed by atoms with E-state index in [4.69, 9.17) is 4.74 Å². The summed E-state index contributed by atoms with van der Waals surface area (Å²) in [5, 5.41) is 6.25. The van der Waals surface area contributed by atoms with Gasteiger partial charge in [-0.2, -0.15) is 0 Å². The minimum atomic E-state index is -3.14. The molecule has 0 aliphatic carbocycles. The minimum absolute atomic E-state index is 0. The molecule has 0 heterocycles. The molecule has 0 saturated carbocycles. The number of aliphatic imine (C=N–C) groups is 1. The second-order valence-corrected chi connectivity index (χ2v) is 9.77. The Morgan fingerprint density at radius 2 is 1.81 bits per heavy atom. The van der Waals surface area contributed by atoms with Gasteiger partial charge in [0.25, 0.3) is 0 Å². The predicted octanol–water partition coefficient (Wildman–Crippen LogP) is 2.54. The molecule has 1 aromatic carbocycles. The molecule has 0 aliphatic rings. The molecule has 0 atom stereocenters. The fourth-order valence-electron chi connectivity index (χ4n) is 2.18. The summed E-state index contributed by atoms with van der Waals surface area (Å²) < 4.78 is 28.8. The van der Waals surface area contributed by atoms with E-state index in [0.29, 0.717) is 19.0 Å². The van der Waals surface area contributed by atoms with Crippen LogP contribution in [0.15, 0.2) is 23.2 Å². The molecule has 0 spiro atoms. The van der Waals surface area contributed by atoms with E-state index in [-0.39, 0.29) is 29.7 Å². The minimum Gasteiger partial charge on any atom is -0.496 e. The summed E-state index contributed by atoms with van der Waals surface area (Å²) in [4.78, 5) is 4.12. The number of guanidine groups is 1. The number of nitrogens with one attached hydrogen (secondary N) is 2. The summed E-state index contributed by atoms with van der Waals surface area (Å²) in [5.41, 5.74) is 2.28. The molecule has 1 aromatic rings. The Kier molecular flexibility index (Phi) is 10.5. The van der Waals surface area contributed by atoms with Gasteiger partial charge in [-0.05, 0) is 51.3 Å². The summed E-state index contributed by atoms with van der Waals surface area (Å²) in [7, 11) is 0.201. The van der Waals surface area contributed by atoms with E-state index in [0.717, 1.165) is 17.7 Å². The van der Waals surface area contributed by atoms with E-state index >= 15 is 0 Å². The number of methoxy groups -OCH3 is 1. The maximum Gasteiger partial charge on any atom is 0.191 e. The zero-order valence-corrected chi connectivity index (χ0v) is 19.7. The van der Waals surface area contributed by atoms with Gasteiger partial charge in [0.05, 0.1) is 17.6 Å². The molecular formula is C18H32IN3O3S. The third-order valence-corrected chi connectivity index (χ3v) is 6.61. The molecule has 6 nitrogen and oxygen atoms in total. The Hall–Kier alpha value is -1.03. The van der Waals surface area contributed by atoms with E-state index in [1.165, 1.54) is 5.56 Å². The molecule has 0 unspecified atom stereocenters. The highest BCUT2D eigenvalue weighted by Gasteiger charge is 2.28. The number of aryl methyl sites for hydroxylation is 1. The first-order valence-corrected chi connectivity index (χ1v) is 10.1. The Morgan fingerprint density at radius 3 is 2.35 bits per heavy atom. The second kappa shape index (κ2) is 11.0. The molecule has 150 valence electrons. The monoisotopic (exact) mass is 497 g/mol. The first-order chi connectivity index (χ1) is 11.6. The predicted molar refractivity (Wildman–Crippen MR) is 120 cm³/mol. The standard InChI is InChI=1S/C18H31N3O3S.HI/c1-14-7-8-15(13-16(14)24-6)9-10-20-17(19-5)21-11-12-25(22,23)18(2,3)4;/h7-8,13H,9-12H2,1-6H3,(H2,19,20,21);1H. The van der Waals surface area contributed by atoms with Gasteiger partial charge in [0, 0.05) is 20.1 Å². The summed E-state index contributed by atoms with van der Waals surface area (Å²) in [6.07, 6.45) is 0.817. The molecule has 0 saturated heterocycles. The number of hydrogen-bond donors (Lipinski definition) is 2. The number of benzene rings is 1. The lowest BCUT2D eigenvalue weighted by atomic mass is 10.1. The summed E-state index contributed by atoms with van der Waals surface area (Å²) in [5.74, 6) is 1.56. The van der Waals surface area contributed by atoms with Crippen molar-refractivity contribution >= 4 is 39.8 Å². The van der Waals surface area contributed by atoms with Crippen molar-refractivity contribution in [1.82, 2.24) is 10.6 Å². The van der Waals surface area contributed by atoms with Crippen molar-refractivity contribution in [2.75, 3.05) is 33.0 Å². The van der Waals surface area contributed by atoms with Gasteiger partial charge in [-0.15, -0.1) is 24.0 Å². The van der Waals surface area contributed by atoms with Crippen LogP contribution >= 0.6 is 24.0 Å². The Morgan fingerprint density at radius 1 is 1.19 bits per heavy atom. The summed E-state index contributed by atoms with van der Waals surface area (Å²) in [6, 6.07) is 6.15. The molecule has 0 fully saturated rings. The highest BCUT2D eigenvalue weighted by Crippen LogP contribution is 2.19. The number of ether oxygens (including phenoxy) is 1. The van der Waals surface area contributed by atoms with Crippen molar-refractivity contribution in [2.24, 2.45) is 4.99 Å². The quantitative estimate of drug-likeness (QED) is 0.344. The van der Waals surface area contributed by atoms with Gasteiger partial charge in [-0.25, -0.2) is 8.42 Å². The first-order valence-electron chi connectivity index (χ1n) is 8.41. The molecule has 8 heteroatoms. The van der Waals surface area contributed by atoms with Gasteiger partial charge >= 0.3 is 0 Å². The van der Waals surface area contributed by atoms with Crippen LogP contribution in [0.5, 0.6) is 5.75 Å². The van der Waals surface area contributed by atoms with Crippen molar-refractivity contribution in [3.63, 3.8) is 0 Å². The molecule has 26 heavy (non-hydrogen) atoms. The Bertz CT molecular complexity index is 698. The van der Waals surface area contributed by atoms with Crippen molar-refractivity contribution in [3.05, 3.63) is 29.3 Å². The van der Waals surface area contributed by atoms with Crippen LogP contribution in [-0.2, 0) is 16.3 Å². The van der Waals surface area contributed by atoms with Crippen LogP contribution in [0, 0.1) is 6.92 Å². The van der Waals surface area contributed by atoms with Crippen LogP contribution in [0.25, 0.3) is 0 Å². The smallest absolute Gasteiger partial charge is 0.191 e. The highest BCUT2D eigenvalue weighted by atomic mass is 127. The van der Waals surface area contributed by atoms with Crippen LogP contribution in [0.3, 0.4) is 0 Å². The molecule has 2 N–H and O–H groups in total. The van der Waals surface area contributed by atoms with Crippen LogP contribution in [0.4, 0.5) is 0 Å². The molecule has 0 aliphatic heterocycles. The SMILES string of the molecule is CN=C(NCCc1ccc(C)c(OC)c1)NCCS(=O)(=O)C(C)(C)C.I. The molecule has 0 bridgehead atoms. The average Bonchev–Trinajstić information content (AvgIpc) is 2.53. The van der Waals surface area contributed by atoms with E-state index in [1.54, 1.807) is 34.9 Å². The lowest BCUT2D eigenvalue weighted by Crippen LogP contribution is -2.42. The van der Waals surface area contributed by atoms with Gasteiger partial charge < -0.3 is 15.4 Å². The van der Waals surface area contributed by atoms with Crippen molar-refractivity contribution < 1.29 is 13.2 Å². The van der Waals surface area contributed by atoms with Crippen LogP contribution in [-0.4, -0.2) is 52.1 Å². The van der Waals surface area contributed by atoms with E-state index in [2.05, 4.69) is 21.7 Å². The fraction of sp³-hybridized carbons (Fsp3) is 0.611. The zero-order valence-electron chi connectivity index (χ0n) is 16.5. The molecule has 0 amide bonds. The van der Waals surface area contributed by atoms with Crippen LogP contribution in [0.1, 0.15) is 31.9 Å². The highest BCUT2D eigenvalue weighted by molar-refractivity contribution is 14.0. The van der Waals surface area contributed by atoms with Crippen molar-refractivity contribution in [1.29, 1.82) is 0 Å². The first kappa shape index (κ1) is 25.0. The maximum atomic E-state index is 12.1. The topological polar surface area (TPSA) is 79.8 Å². The fourth-order valence-corrected chi connectivity index (χ4v) is 3.16. The zero-order chi connectivity index (χ0) is 19.1. The number of rotatable bonds is 7. The lowest BCUT2D eigenvalue weighted by molar-refractivity contribution is 0.411. The molecule has 0 aromatic heterocycles. The van der Waals surface area contributed by atoms with Crippen LogP contribution < -0.4 is 15.4 Å². The molecule has 1 rings (SSSR count). The van der Waals surface area contributed by atoms with Gasteiger partial charge in [0.15, 0.2) is 15.8 Å². The van der Waals surface area contributed by atoms with Gasteiger partial charge in [-0.1, -0.05) is 12.1 Å². The third-order valence-electron chi connectivity index (χ3n) is 4.00. The van der Waals surface area contributed by atoms with E-state index in [9.17, 15) is 8.42 Å². The van der Waals surface area contributed by atoms with Crippen LogP contribution in [0.2, 0.25) is 0 Å². The van der Waals surface area contributed by atoms with Gasteiger partial charge in [0.1, 0.15) is 5.75 Å². The number of sulfone groups is 1. The molecule has 0 radical (unpaired) electrons. The van der Waals surface area contributed by atoms with Gasteiger partial charge in [0.2, 0.25) is 0 Å². The van der Waals surface area contributed by atoms with E-state index < -0.39 is 14.6 Å². The summed E-state index contributed by atoms with van der Waals surface area (Å²) in [6.45, 7) is 8.18. The summed E-state index contributed by atoms with van der Waals surface area (Å²) >= 11 is 0. The van der Waals surface area contributed by atoms with Gasteiger partial charge in [-0.3, -0.25) is 4.99 Å². The number of hydrogen-bond acceptors (Lipinski definition) is 4. The van der Waals surface area contributed by atoms with E-state index in [1.807, 2.05) is 19.1 Å². The van der Waals surface area contributed by atoms with Crippen molar-refractivity contribution in [2.45, 2.75) is 38.9 Å². The second-order valence-electron chi connectivity index (χ2n) is 6.91. The largest absolute Gasteiger partial charge is 0.496 e. The Balaban J connectivity index is 0.00000625. The molecular weight excluding hydrogens is 465 g/mol. The van der Waals surface area contributed by atoms with Crippen molar-refractivity contribution in [3.8, 4) is 5.75 Å². The average molecular weight is 497 g/mol. The normalized spacial score (nSPS) is 12.3.